The number of benzene rings is 2. The van der Waals surface area contributed by atoms with E-state index < -0.39 is 0 Å². The average molecular weight is 313 g/mol. The van der Waals surface area contributed by atoms with Crippen molar-refractivity contribution in [3.05, 3.63) is 52.0 Å². The lowest BCUT2D eigenvalue weighted by Crippen LogP contribution is -2.00. The fourth-order valence-corrected chi connectivity index (χ4v) is 2.07. The third-order valence-electron chi connectivity index (χ3n) is 2.75. The number of para-hydroxylation sites is 1. The molecular formula is C15H14Cl2O3. The monoisotopic (exact) mass is 312 g/mol. The minimum Gasteiger partial charge on any atom is -0.493 e. The summed E-state index contributed by atoms with van der Waals surface area (Å²) in [6.07, 6.45) is 0. The lowest BCUT2D eigenvalue weighted by atomic mass is 10.2. The lowest BCUT2D eigenvalue weighted by Gasteiger charge is -2.14. The van der Waals surface area contributed by atoms with Gasteiger partial charge in [0.2, 0.25) is 5.75 Å². The summed E-state index contributed by atoms with van der Waals surface area (Å²) in [5.74, 6) is 1.79. The number of ether oxygens (including phenoxy) is 3. The first-order chi connectivity index (χ1) is 9.65. The van der Waals surface area contributed by atoms with Crippen molar-refractivity contribution in [3.63, 3.8) is 0 Å². The van der Waals surface area contributed by atoms with Crippen LogP contribution in [0.3, 0.4) is 0 Å². The minimum atomic E-state index is 0.341. The van der Waals surface area contributed by atoms with E-state index in [1.807, 2.05) is 24.3 Å². The number of rotatable bonds is 5. The first kappa shape index (κ1) is 14.8. The second-order valence-electron chi connectivity index (χ2n) is 4.03. The molecule has 0 radical (unpaired) electrons. The zero-order chi connectivity index (χ0) is 14.5. The Morgan fingerprint density at radius 3 is 2.10 bits per heavy atom. The molecule has 2 rings (SSSR count). The molecule has 0 aliphatic carbocycles. The molecule has 20 heavy (non-hydrogen) atoms. The second kappa shape index (κ2) is 6.73. The van der Waals surface area contributed by atoms with Gasteiger partial charge in [-0.25, -0.2) is 0 Å². The summed E-state index contributed by atoms with van der Waals surface area (Å²) in [5.41, 5.74) is 0.910. The van der Waals surface area contributed by atoms with Gasteiger partial charge in [0.25, 0.3) is 0 Å². The van der Waals surface area contributed by atoms with Crippen LogP contribution >= 0.6 is 23.2 Å². The number of methoxy groups -OCH3 is 2. The molecule has 2 aromatic carbocycles. The van der Waals surface area contributed by atoms with Gasteiger partial charge in [0.1, 0.15) is 6.61 Å². The molecule has 3 nitrogen and oxygen atoms in total. The Kier molecular flexibility index (Phi) is 4.99. The molecule has 0 N–H and O–H groups in total. The summed E-state index contributed by atoms with van der Waals surface area (Å²) in [6, 6.07) is 10.8. The summed E-state index contributed by atoms with van der Waals surface area (Å²) in [6.45, 7) is 0.341. The van der Waals surface area contributed by atoms with Crippen LogP contribution in [0.5, 0.6) is 17.2 Å². The predicted octanol–water partition coefficient (Wildman–Crippen LogP) is 4.59. The summed E-state index contributed by atoms with van der Waals surface area (Å²) >= 11 is 11.9. The molecule has 0 unspecified atom stereocenters. The zero-order valence-corrected chi connectivity index (χ0v) is 12.7. The summed E-state index contributed by atoms with van der Waals surface area (Å²) in [5, 5.41) is 1.02. The Balaban J connectivity index is 2.19. The first-order valence-corrected chi connectivity index (χ1v) is 6.69. The van der Waals surface area contributed by atoms with Crippen LogP contribution < -0.4 is 14.2 Å². The molecular weight excluding hydrogens is 299 g/mol. The van der Waals surface area contributed by atoms with E-state index in [0.717, 1.165) is 5.56 Å². The lowest BCUT2D eigenvalue weighted by molar-refractivity contribution is 0.266. The van der Waals surface area contributed by atoms with Crippen molar-refractivity contribution in [1.29, 1.82) is 0 Å². The Morgan fingerprint density at radius 1 is 0.900 bits per heavy atom. The number of hydrogen-bond donors (Lipinski definition) is 0. The maximum absolute atomic E-state index is 5.98. The SMILES string of the molecule is COc1cccc(OC)c1OCc1ccc(Cl)c(Cl)c1. The van der Waals surface area contributed by atoms with Gasteiger partial charge < -0.3 is 14.2 Å². The van der Waals surface area contributed by atoms with Crippen LogP contribution in [0.25, 0.3) is 0 Å². The Bertz CT molecular complexity index is 577. The molecule has 0 aliphatic heterocycles. The molecule has 2 aromatic rings. The molecule has 0 spiro atoms. The van der Waals surface area contributed by atoms with Crippen LogP contribution in [0.1, 0.15) is 5.56 Å². The van der Waals surface area contributed by atoms with E-state index in [9.17, 15) is 0 Å². The van der Waals surface area contributed by atoms with Gasteiger partial charge in [-0.2, -0.15) is 0 Å². The highest BCUT2D eigenvalue weighted by Crippen LogP contribution is 2.37. The van der Waals surface area contributed by atoms with E-state index >= 15 is 0 Å². The van der Waals surface area contributed by atoms with Gasteiger partial charge in [-0.1, -0.05) is 35.3 Å². The summed E-state index contributed by atoms with van der Waals surface area (Å²) < 4.78 is 16.3. The average Bonchev–Trinajstić information content (AvgIpc) is 2.48. The predicted molar refractivity (Wildman–Crippen MR) is 80.3 cm³/mol. The molecule has 5 heteroatoms. The van der Waals surface area contributed by atoms with Gasteiger partial charge in [-0.05, 0) is 29.8 Å². The highest BCUT2D eigenvalue weighted by molar-refractivity contribution is 6.42. The molecule has 0 amide bonds. The van der Waals surface area contributed by atoms with Crippen molar-refractivity contribution in [3.8, 4) is 17.2 Å². The molecule has 0 saturated heterocycles. The highest BCUT2D eigenvalue weighted by atomic mass is 35.5. The largest absolute Gasteiger partial charge is 0.493 e. The third kappa shape index (κ3) is 3.30. The molecule has 0 atom stereocenters. The third-order valence-corrected chi connectivity index (χ3v) is 3.49. The maximum Gasteiger partial charge on any atom is 0.203 e. The second-order valence-corrected chi connectivity index (χ2v) is 4.84. The van der Waals surface area contributed by atoms with Gasteiger partial charge in [-0.3, -0.25) is 0 Å². The Labute approximate surface area is 128 Å². The molecule has 0 aromatic heterocycles. The van der Waals surface area contributed by atoms with Crippen LogP contribution in [0, 0.1) is 0 Å². The van der Waals surface area contributed by atoms with Gasteiger partial charge >= 0.3 is 0 Å². The molecule has 0 aliphatic rings. The zero-order valence-electron chi connectivity index (χ0n) is 11.2. The van der Waals surface area contributed by atoms with Crippen LogP contribution in [0.2, 0.25) is 10.0 Å². The van der Waals surface area contributed by atoms with Crippen molar-refractivity contribution in [2.24, 2.45) is 0 Å². The normalized spacial score (nSPS) is 10.2. The van der Waals surface area contributed by atoms with Crippen molar-refractivity contribution in [2.75, 3.05) is 14.2 Å². The molecule has 0 saturated carbocycles. The van der Waals surface area contributed by atoms with Crippen molar-refractivity contribution in [2.45, 2.75) is 6.61 Å². The Hall–Kier alpha value is -1.58. The number of hydrogen-bond acceptors (Lipinski definition) is 3. The first-order valence-electron chi connectivity index (χ1n) is 5.93. The smallest absolute Gasteiger partial charge is 0.203 e. The van der Waals surface area contributed by atoms with E-state index in [1.165, 1.54) is 0 Å². The molecule has 106 valence electrons. The summed E-state index contributed by atoms with van der Waals surface area (Å²) in [7, 11) is 3.17. The van der Waals surface area contributed by atoms with E-state index in [4.69, 9.17) is 37.4 Å². The van der Waals surface area contributed by atoms with Crippen LogP contribution in [0.4, 0.5) is 0 Å². The van der Waals surface area contributed by atoms with Crippen molar-refractivity contribution < 1.29 is 14.2 Å². The van der Waals surface area contributed by atoms with Crippen LogP contribution in [-0.4, -0.2) is 14.2 Å². The van der Waals surface area contributed by atoms with Gasteiger partial charge in [0, 0.05) is 0 Å². The van der Waals surface area contributed by atoms with Gasteiger partial charge in [0.05, 0.1) is 24.3 Å². The van der Waals surface area contributed by atoms with Crippen LogP contribution in [0.15, 0.2) is 36.4 Å². The van der Waals surface area contributed by atoms with E-state index in [2.05, 4.69) is 0 Å². The summed E-state index contributed by atoms with van der Waals surface area (Å²) in [4.78, 5) is 0. The fourth-order valence-electron chi connectivity index (χ4n) is 1.74. The van der Waals surface area contributed by atoms with E-state index in [1.54, 1.807) is 26.4 Å². The van der Waals surface area contributed by atoms with Crippen molar-refractivity contribution >= 4 is 23.2 Å². The molecule has 0 heterocycles. The van der Waals surface area contributed by atoms with Crippen molar-refractivity contribution in [1.82, 2.24) is 0 Å². The molecule has 0 fully saturated rings. The minimum absolute atomic E-state index is 0.341. The van der Waals surface area contributed by atoms with Gasteiger partial charge in [-0.15, -0.1) is 0 Å². The highest BCUT2D eigenvalue weighted by Gasteiger charge is 2.11. The van der Waals surface area contributed by atoms with E-state index in [-0.39, 0.29) is 0 Å². The topological polar surface area (TPSA) is 27.7 Å². The standard InChI is InChI=1S/C15H14Cl2O3/c1-18-13-4-3-5-14(19-2)15(13)20-9-10-6-7-11(16)12(17)8-10/h3-8H,9H2,1-2H3. The fraction of sp³-hybridized carbons (Fsp3) is 0.200. The van der Waals surface area contributed by atoms with Crippen LogP contribution in [-0.2, 0) is 6.61 Å². The quantitative estimate of drug-likeness (QED) is 0.808. The molecule has 0 bridgehead atoms. The maximum atomic E-state index is 5.98. The number of halogens is 2. The van der Waals surface area contributed by atoms with Gasteiger partial charge in [0.15, 0.2) is 11.5 Å². The Morgan fingerprint density at radius 2 is 1.55 bits per heavy atom. The van der Waals surface area contributed by atoms with E-state index in [0.29, 0.717) is 33.9 Å².